The number of hydrogen-bond donors (Lipinski definition) is 1. The number of nitrogens with one attached hydrogen (secondary N) is 1. The number of halogens is 1. The van der Waals surface area contributed by atoms with E-state index in [2.05, 4.69) is 31.6 Å². The van der Waals surface area contributed by atoms with E-state index >= 15 is 0 Å². The number of ether oxygens (including phenoxy) is 1. The summed E-state index contributed by atoms with van der Waals surface area (Å²) < 4.78 is 33.5. The van der Waals surface area contributed by atoms with Crippen LogP contribution in [0.1, 0.15) is 0 Å². The summed E-state index contributed by atoms with van der Waals surface area (Å²) in [5, 5.41) is 10.5. The molecule has 1 saturated heterocycles. The van der Waals surface area contributed by atoms with E-state index in [-0.39, 0.29) is 15.7 Å². The molecule has 1 aliphatic heterocycles. The average molecular weight is 354 g/mol. The first-order chi connectivity index (χ1) is 8.96. The first-order valence-corrected chi connectivity index (χ1v) is 8.01. The Morgan fingerprint density at radius 2 is 2.32 bits per heavy atom. The fraction of sp³-hybridized carbons (Fsp3) is 0.778. The SMILES string of the molecule is CNCC1CN(S(=O)(=O)c2c(Br)nnn2C)CCO1. The summed E-state index contributed by atoms with van der Waals surface area (Å²) in [7, 11) is -0.259. The van der Waals surface area contributed by atoms with Gasteiger partial charge >= 0.3 is 0 Å². The second-order valence-electron chi connectivity index (χ2n) is 4.22. The molecule has 0 spiro atoms. The largest absolute Gasteiger partial charge is 0.374 e. The molecular formula is C9H16BrN5O3S. The molecule has 1 aromatic rings. The van der Waals surface area contributed by atoms with Crippen LogP contribution in [0.25, 0.3) is 0 Å². The molecule has 1 atom stereocenters. The molecule has 0 aliphatic carbocycles. The van der Waals surface area contributed by atoms with E-state index in [1.165, 1.54) is 8.99 Å². The third kappa shape index (κ3) is 2.97. The Balaban J connectivity index is 2.25. The van der Waals surface area contributed by atoms with Gasteiger partial charge in [-0.05, 0) is 23.0 Å². The van der Waals surface area contributed by atoms with Gasteiger partial charge in [-0.3, -0.25) is 0 Å². The van der Waals surface area contributed by atoms with Crippen LogP contribution in [0, 0.1) is 0 Å². The summed E-state index contributed by atoms with van der Waals surface area (Å²) >= 11 is 3.12. The van der Waals surface area contributed by atoms with Crippen LogP contribution in [0.5, 0.6) is 0 Å². The van der Waals surface area contributed by atoms with Gasteiger partial charge < -0.3 is 10.1 Å². The monoisotopic (exact) mass is 353 g/mol. The Kier molecular flexibility index (Phi) is 4.56. The maximum atomic E-state index is 12.6. The molecule has 1 unspecified atom stereocenters. The van der Waals surface area contributed by atoms with Gasteiger partial charge in [0.05, 0.1) is 12.7 Å². The van der Waals surface area contributed by atoms with Crippen LogP contribution in [0.4, 0.5) is 0 Å². The van der Waals surface area contributed by atoms with Crippen LogP contribution in [0.2, 0.25) is 0 Å². The predicted molar refractivity (Wildman–Crippen MR) is 71.1 cm³/mol. The highest BCUT2D eigenvalue weighted by Crippen LogP contribution is 2.23. The van der Waals surface area contributed by atoms with Gasteiger partial charge in [-0.2, -0.15) is 4.31 Å². The number of nitrogens with zero attached hydrogens (tertiary/aromatic N) is 4. The molecule has 2 heterocycles. The number of aromatic nitrogens is 3. The Labute approximate surface area is 120 Å². The molecule has 0 amide bonds. The van der Waals surface area contributed by atoms with Gasteiger partial charge in [0, 0.05) is 26.7 Å². The van der Waals surface area contributed by atoms with E-state index in [1.807, 2.05) is 0 Å². The van der Waals surface area contributed by atoms with E-state index in [4.69, 9.17) is 4.74 Å². The summed E-state index contributed by atoms with van der Waals surface area (Å²) in [6, 6.07) is 0. The van der Waals surface area contributed by atoms with Crippen LogP contribution in [-0.4, -0.2) is 67.1 Å². The molecule has 1 N–H and O–H groups in total. The fourth-order valence-corrected chi connectivity index (χ4v) is 4.47. The molecule has 0 bridgehead atoms. The van der Waals surface area contributed by atoms with Crippen molar-refractivity contribution in [1.29, 1.82) is 0 Å². The van der Waals surface area contributed by atoms with Crippen molar-refractivity contribution in [3.8, 4) is 0 Å². The molecule has 10 heteroatoms. The van der Waals surface area contributed by atoms with E-state index in [0.29, 0.717) is 26.2 Å². The maximum Gasteiger partial charge on any atom is 0.263 e. The molecule has 2 rings (SSSR count). The summed E-state index contributed by atoms with van der Waals surface area (Å²) in [5.74, 6) is 0. The van der Waals surface area contributed by atoms with Crippen molar-refractivity contribution in [2.24, 2.45) is 7.05 Å². The van der Waals surface area contributed by atoms with Crippen molar-refractivity contribution in [1.82, 2.24) is 24.6 Å². The minimum Gasteiger partial charge on any atom is -0.374 e. The lowest BCUT2D eigenvalue weighted by atomic mass is 10.3. The van der Waals surface area contributed by atoms with E-state index < -0.39 is 10.0 Å². The van der Waals surface area contributed by atoms with E-state index in [9.17, 15) is 8.42 Å². The molecular weight excluding hydrogens is 338 g/mol. The molecule has 1 fully saturated rings. The van der Waals surface area contributed by atoms with Gasteiger partial charge in [0.2, 0.25) is 5.03 Å². The molecule has 0 aromatic carbocycles. The van der Waals surface area contributed by atoms with Crippen LogP contribution in [0.15, 0.2) is 9.63 Å². The zero-order chi connectivity index (χ0) is 14.0. The number of sulfonamides is 1. The lowest BCUT2D eigenvalue weighted by Crippen LogP contribution is -2.48. The summed E-state index contributed by atoms with van der Waals surface area (Å²) in [5.41, 5.74) is 0. The lowest BCUT2D eigenvalue weighted by molar-refractivity contribution is 0.000681. The molecule has 0 radical (unpaired) electrons. The van der Waals surface area contributed by atoms with Gasteiger partial charge in [0.1, 0.15) is 0 Å². The molecule has 8 nitrogen and oxygen atoms in total. The van der Waals surface area contributed by atoms with Gasteiger partial charge in [0.15, 0.2) is 4.60 Å². The van der Waals surface area contributed by atoms with Crippen LogP contribution < -0.4 is 5.32 Å². The molecule has 1 aromatic heterocycles. The third-order valence-electron chi connectivity index (χ3n) is 2.85. The molecule has 108 valence electrons. The predicted octanol–water partition coefficient (Wildman–Crippen LogP) is -0.813. The number of aryl methyl sites for hydroxylation is 1. The van der Waals surface area contributed by atoms with Crippen molar-refractivity contribution >= 4 is 26.0 Å². The second-order valence-corrected chi connectivity index (χ2v) is 6.83. The van der Waals surface area contributed by atoms with Crippen molar-refractivity contribution in [2.45, 2.75) is 11.1 Å². The summed E-state index contributed by atoms with van der Waals surface area (Å²) in [6.07, 6.45) is -0.145. The van der Waals surface area contributed by atoms with Gasteiger partial charge in [-0.25, -0.2) is 13.1 Å². The molecule has 0 saturated carbocycles. The highest BCUT2D eigenvalue weighted by Gasteiger charge is 2.34. The van der Waals surface area contributed by atoms with Crippen LogP contribution in [0.3, 0.4) is 0 Å². The highest BCUT2D eigenvalue weighted by atomic mass is 79.9. The Hall–Kier alpha value is -0.550. The van der Waals surface area contributed by atoms with Crippen molar-refractivity contribution in [3.05, 3.63) is 4.60 Å². The van der Waals surface area contributed by atoms with Gasteiger partial charge in [-0.1, -0.05) is 5.21 Å². The number of morpholine rings is 1. The lowest BCUT2D eigenvalue weighted by Gasteiger charge is -2.31. The Bertz CT molecular complexity index is 525. The smallest absolute Gasteiger partial charge is 0.263 e. The minimum atomic E-state index is -3.61. The van der Waals surface area contributed by atoms with Crippen molar-refractivity contribution in [3.63, 3.8) is 0 Å². The molecule has 1 aliphatic rings. The number of rotatable bonds is 4. The van der Waals surface area contributed by atoms with Gasteiger partial charge in [0.25, 0.3) is 10.0 Å². The quantitative estimate of drug-likeness (QED) is 0.761. The summed E-state index contributed by atoms with van der Waals surface area (Å²) in [6.45, 7) is 1.65. The number of hydrogen-bond acceptors (Lipinski definition) is 6. The second kappa shape index (κ2) is 5.83. The first kappa shape index (κ1) is 14.9. The first-order valence-electron chi connectivity index (χ1n) is 5.78. The van der Waals surface area contributed by atoms with Crippen LogP contribution in [-0.2, 0) is 21.8 Å². The minimum absolute atomic E-state index is 0.0672. The maximum absolute atomic E-state index is 12.6. The van der Waals surface area contributed by atoms with E-state index in [1.54, 1.807) is 14.1 Å². The number of likely N-dealkylation sites (N-methyl/N-ethyl adjacent to an activating group) is 1. The van der Waals surface area contributed by atoms with E-state index in [0.717, 1.165) is 0 Å². The van der Waals surface area contributed by atoms with Crippen molar-refractivity contribution < 1.29 is 13.2 Å². The molecule has 19 heavy (non-hydrogen) atoms. The van der Waals surface area contributed by atoms with Crippen LogP contribution >= 0.6 is 15.9 Å². The fourth-order valence-electron chi connectivity index (χ4n) is 1.98. The average Bonchev–Trinajstić information content (AvgIpc) is 2.70. The third-order valence-corrected chi connectivity index (χ3v) is 5.61. The summed E-state index contributed by atoms with van der Waals surface area (Å²) in [4.78, 5) is 0. The van der Waals surface area contributed by atoms with Gasteiger partial charge in [-0.15, -0.1) is 5.10 Å². The van der Waals surface area contributed by atoms with Crippen molar-refractivity contribution in [2.75, 3.05) is 33.3 Å². The normalized spacial score (nSPS) is 21.7. The highest BCUT2D eigenvalue weighted by molar-refractivity contribution is 9.10. The Morgan fingerprint density at radius 3 is 2.89 bits per heavy atom. The zero-order valence-electron chi connectivity index (χ0n) is 10.7. The standard InChI is InChI=1S/C9H16BrN5O3S/c1-11-5-7-6-15(3-4-18-7)19(16,17)9-8(10)12-13-14(9)2/h7,11H,3-6H2,1-2H3. The Morgan fingerprint density at radius 1 is 1.58 bits per heavy atom. The topological polar surface area (TPSA) is 89.4 Å². The zero-order valence-corrected chi connectivity index (χ0v) is 13.1.